The molecule has 0 spiro atoms. The summed E-state index contributed by atoms with van der Waals surface area (Å²) in [5.74, 6) is -0.669. The zero-order valence-electron chi connectivity index (χ0n) is 12.4. The summed E-state index contributed by atoms with van der Waals surface area (Å²) >= 11 is 5.38. The number of sulfonamides is 1. The minimum Gasteiger partial charge on any atom is -0.363 e. The number of nitrogens with one attached hydrogen (secondary N) is 1. The van der Waals surface area contributed by atoms with Crippen molar-refractivity contribution in [3.8, 4) is 0 Å². The molecule has 1 amide bonds. The molecular formula is C14H14ClN4O3S-. The number of carbonyl (C=O) groups excluding carboxylic acids is 1. The van der Waals surface area contributed by atoms with Gasteiger partial charge in [0.25, 0.3) is 0 Å². The maximum atomic E-state index is 12.3. The first-order valence-electron chi connectivity index (χ1n) is 6.56. The van der Waals surface area contributed by atoms with Crippen LogP contribution in [0.4, 0.5) is 11.6 Å². The Labute approximate surface area is 139 Å². The summed E-state index contributed by atoms with van der Waals surface area (Å²) in [4.78, 5) is 19.1. The number of anilines is 1. The predicted molar refractivity (Wildman–Crippen MR) is 87.5 cm³/mol. The van der Waals surface area contributed by atoms with Crippen molar-refractivity contribution in [2.24, 2.45) is 0 Å². The quantitative estimate of drug-likeness (QED) is 0.832. The van der Waals surface area contributed by atoms with Gasteiger partial charge in [0.2, 0.25) is 15.9 Å². The van der Waals surface area contributed by atoms with E-state index in [0.29, 0.717) is 17.1 Å². The lowest BCUT2D eigenvalue weighted by atomic mass is 10.3. The molecular weight excluding hydrogens is 340 g/mol. The molecule has 0 aliphatic rings. The maximum absolute atomic E-state index is 12.3. The zero-order chi connectivity index (χ0) is 17.0. The Kier molecular flexibility index (Phi) is 5.17. The Morgan fingerprint density at radius 1 is 1.17 bits per heavy atom. The fourth-order valence-corrected chi connectivity index (χ4v) is 2.76. The summed E-state index contributed by atoms with van der Waals surface area (Å²) in [6.45, 7) is 3.46. The standard InChI is InChI=1S/C14H15ClN4O3S/c1-9-7-10(2)17-14(16-9)19-23(21,22)12-5-3-11(4-6-12)18-13(20)8-15/h3-7H,8H2,1-2H3,(H2,16,17,18,19,20)/p-1. The highest BCUT2D eigenvalue weighted by atomic mass is 35.5. The number of aromatic nitrogens is 2. The number of hydrogen-bond donors (Lipinski definition) is 1. The molecule has 2 aromatic rings. The molecule has 122 valence electrons. The molecule has 23 heavy (non-hydrogen) atoms. The Hall–Kier alpha value is -2.19. The first-order valence-corrected chi connectivity index (χ1v) is 8.54. The normalized spacial score (nSPS) is 11.1. The van der Waals surface area contributed by atoms with Gasteiger partial charge < -0.3 is 15.3 Å². The largest absolute Gasteiger partial charge is 0.363 e. The average molecular weight is 354 g/mol. The SMILES string of the molecule is Cc1cc(C)nc([N-]S(=O)(=O)c2ccc(NC(=O)CCl)cc2)n1. The van der Waals surface area contributed by atoms with E-state index in [4.69, 9.17) is 11.6 Å². The van der Waals surface area contributed by atoms with Crippen molar-refractivity contribution in [1.82, 2.24) is 9.97 Å². The van der Waals surface area contributed by atoms with Crippen LogP contribution in [0.1, 0.15) is 11.4 Å². The van der Waals surface area contributed by atoms with Gasteiger partial charge >= 0.3 is 0 Å². The summed E-state index contributed by atoms with van der Waals surface area (Å²) in [5.41, 5.74) is 1.70. The minimum absolute atomic E-state index is 0.0240. The zero-order valence-corrected chi connectivity index (χ0v) is 14.0. The third-order valence-electron chi connectivity index (χ3n) is 2.73. The minimum atomic E-state index is -3.94. The van der Waals surface area contributed by atoms with E-state index in [1.165, 1.54) is 24.3 Å². The molecule has 2 rings (SSSR count). The smallest absolute Gasteiger partial charge is 0.239 e. The van der Waals surface area contributed by atoms with E-state index < -0.39 is 10.0 Å². The summed E-state index contributed by atoms with van der Waals surface area (Å²) in [5, 5.41) is 2.51. The highest BCUT2D eigenvalue weighted by Gasteiger charge is 2.12. The number of carbonyl (C=O) groups is 1. The molecule has 0 saturated carbocycles. The van der Waals surface area contributed by atoms with Crippen LogP contribution in [0, 0.1) is 13.8 Å². The van der Waals surface area contributed by atoms with Crippen molar-refractivity contribution in [1.29, 1.82) is 0 Å². The van der Waals surface area contributed by atoms with Crippen molar-refractivity contribution >= 4 is 39.2 Å². The summed E-state index contributed by atoms with van der Waals surface area (Å²) in [6, 6.07) is 7.31. The predicted octanol–water partition coefficient (Wildman–Crippen LogP) is 2.66. The molecule has 1 heterocycles. The monoisotopic (exact) mass is 353 g/mol. The number of halogens is 1. The summed E-state index contributed by atoms with van der Waals surface area (Å²) < 4.78 is 28.1. The molecule has 0 bridgehead atoms. The molecule has 7 nitrogen and oxygen atoms in total. The number of hydrogen-bond acceptors (Lipinski definition) is 5. The second-order valence-corrected chi connectivity index (χ2v) is 6.59. The van der Waals surface area contributed by atoms with Gasteiger partial charge in [0, 0.05) is 11.6 Å². The highest BCUT2D eigenvalue weighted by molar-refractivity contribution is 7.94. The number of benzene rings is 1. The van der Waals surface area contributed by atoms with E-state index >= 15 is 0 Å². The third-order valence-corrected chi connectivity index (χ3v) is 4.24. The molecule has 0 radical (unpaired) electrons. The second-order valence-electron chi connectivity index (χ2n) is 4.72. The number of nitrogens with zero attached hydrogens (tertiary/aromatic N) is 3. The first-order chi connectivity index (χ1) is 10.8. The lowest BCUT2D eigenvalue weighted by molar-refractivity contribution is -0.113. The third kappa shape index (κ3) is 4.64. The Bertz CT molecular complexity index is 802. The fraction of sp³-hybridized carbons (Fsp3) is 0.214. The number of aryl methyl sites for hydroxylation is 2. The van der Waals surface area contributed by atoms with Crippen LogP contribution in [0.2, 0.25) is 0 Å². The molecule has 0 fully saturated rings. The number of rotatable bonds is 5. The molecule has 0 unspecified atom stereocenters. The van der Waals surface area contributed by atoms with E-state index in [2.05, 4.69) is 20.0 Å². The van der Waals surface area contributed by atoms with E-state index in [9.17, 15) is 13.2 Å². The van der Waals surface area contributed by atoms with Gasteiger partial charge in [-0.05, 0) is 49.5 Å². The van der Waals surface area contributed by atoms with Crippen LogP contribution < -0.4 is 5.32 Å². The molecule has 0 aliphatic carbocycles. The molecule has 0 saturated heterocycles. The van der Waals surface area contributed by atoms with Crippen molar-refractivity contribution in [2.45, 2.75) is 18.7 Å². The molecule has 1 N–H and O–H groups in total. The summed E-state index contributed by atoms with van der Waals surface area (Å²) in [6.07, 6.45) is 0. The van der Waals surface area contributed by atoms with Crippen LogP contribution in [-0.4, -0.2) is 30.2 Å². The second kappa shape index (κ2) is 6.93. The van der Waals surface area contributed by atoms with Crippen molar-refractivity contribution in [3.05, 3.63) is 46.4 Å². The summed E-state index contributed by atoms with van der Waals surface area (Å²) in [7, 11) is -3.94. The van der Waals surface area contributed by atoms with Crippen LogP contribution >= 0.6 is 11.6 Å². The Morgan fingerprint density at radius 2 is 1.74 bits per heavy atom. The van der Waals surface area contributed by atoms with Crippen LogP contribution in [0.25, 0.3) is 4.72 Å². The van der Waals surface area contributed by atoms with E-state index in [1.807, 2.05) is 0 Å². The lowest BCUT2D eigenvalue weighted by Crippen LogP contribution is -2.12. The average Bonchev–Trinajstić information content (AvgIpc) is 2.46. The highest BCUT2D eigenvalue weighted by Crippen LogP contribution is 2.25. The van der Waals surface area contributed by atoms with Gasteiger partial charge in [-0.2, -0.15) is 0 Å². The van der Waals surface area contributed by atoms with E-state index in [1.54, 1.807) is 19.9 Å². The van der Waals surface area contributed by atoms with Crippen LogP contribution in [0.3, 0.4) is 0 Å². The van der Waals surface area contributed by atoms with Gasteiger partial charge in [-0.15, -0.1) is 11.6 Å². The maximum Gasteiger partial charge on any atom is 0.239 e. The number of amides is 1. The van der Waals surface area contributed by atoms with Crippen LogP contribution in [0.15, 0.2) is 35.2 Å². The molecule has 0 atom stereocenters. The van der Waals surface area contributed by atoms with Crippen LogP contribution in [-0.2, 0) is 14.8 Å². The van der Waals surface area contributed by atoms with Gasteiger partial charge in [0.1, 0.15) is 5.88 Å². The molecule has 1 aromatic carbocycles. The van der Waals surface area contributed by atoms with Gasteiger partial charge in [-0.1, -0.05) is 6.07 Å². The molecule has 1 aromatic heterocycles. The van der Waals surface area contributed by atoms with Gasteiger partial charge in [0.15, 0.2) is 0 Å². The van der Waals surface area contributed by atoms with Crippen molar-refractivity contribution < 1.29 is 13.2 Å². The van der Waals surface area contributed by atoms with E-state index in [-0.39, 0.29) is 22.6 Å². The van der Waals surface area contributed by atoms with Crippen molar-refractivity contribution in [2.75, 3.05) is 11.2 Å². The van der Waals surface area contributed by atoms with Gasteiger partial charge in [0.05, 0.1) is 4.90 Å². The van der Waals surface area contributed by atoms with Gasteiger partial charge in [-0.25, -0.2) is 8.42 Å². The Morgan fingerprint density at radius 3 is 2.26 bits per heavy atom. The molecule has 0 aliphatic heterocycles. The first kappa shape index (κ1) is 17.2. The lowest BCUT2D eigenvalue weighted by Gasteiger charge is -2.15. The van der Waals surface area contributed by atoms with Crippen molar-refractivity contribution in [3.63, 3.8) is 0 Å². The molecule has 9 heteroatoms. The number of alkyl halides is 1. The topological polar surface area (TPSA) is 103 Å². The van der Waals surface area contributed by atoms with E-state index in [0.717, 1.165) is 0 Å². The van der Waals surface area contributed by atoms with Gasteiger partial charge in [-0.3, -0.25) is 9.52 Å². The fourth-order valence-electron chi connectivity index (χ4n) is 1.81. The Balaban J connectivity index is 2.20. The van der Waals surface area contributed by atoms with Crippen LogP contribution in [0.5, 0.6) is 0 Å².